The van der Waals surface area contributed by atoms with Gasteiger partial charge in [0.1, 0.15) is 12.4 Å². The van der Waals surface area contributed by atoms with Crippen LogP contribution in [0.5, 0.6) is 0 Å². The number of hydrogen-bond donors (Lipinski definition) is 1. The molecule has 0 saturated heterocycles. The molecule has 18 heavy (non-hydrogen) atoms. The van der Waals surface area contributed by atoms with E-state index in [0.717, 1.165) is 30.4 Å². The lowest BCUT2D eigenvalue weighted by Crippen LogP contribution is -2.11. The molecular formula is C15H17NO2. The first-order chi connectivity index (χ1) is 8.88. The Hall–Kier alpha value is -1.87. The van der Waals surface area contributed by atoms with Crippen LogP contribution in [0.1, 0.15) is 24.8 Å². The average Bonchev–Trinajstić information content (AvgIpc) is 2.86. The normalized spacial score (nSPS) is 18.7. The lowest BCUT2D eigenvalue weighted by molar-refractivity contribution is -0.108. The predicted molar refractivity (Wildman–Crippen MR) is 71.5 cm³/mol. The molecule has 3 heteroatoms. The van der Waals surface area contributed by atoms with E-state index >= 15 is 0 Å². The van der Waals surface area contributed by atoms with Crippen molar-refractivity contribution in [2.24, 2.45) is 0 Å². The molecule has 3 nitrogen and oxygen atoms in total. The molecule has 2 rings (SSSR count). The molecule has 1 aromatic rings. The molecule has 1 atom stereocenters. The number of allylic oxidation sites excluding steroid dienone is 1. The number of carbonyl (C=O) groups excluding carboxylic acids is 1. The molecule has 1 N–H and O–H groups in total. The number of rotatable bonds is 6. The fourth-order valence-electron chi connectivity index (χ4n) is 1.80. The van der Waals surface area contributed by atoms with Crippen LogP contribution in [0.4, 0.5) is 0 Å². The van der Waals surface area contributed by atoms with Crippen LogP contribution in [-0.4, -0.2) is 12.4 Å². The first kappa shape index (κ1) is 12.6. The third-order valence-electron chi connectivity index (χ3n) is 2.76. The number of carbonyl (C=O) groups is 1. The van der Waals surface area contributed by atoms with Gasteiger partial charge < -0.3 is 4.79 Å². The van der Waals surface area contributed by atoms with E-state index in [4.69, 9.17) is 4.84 Å². The van der Waals surface area contributed by atoms with Crippen LogP contribution in [0.2, 0.25) is 0 Å². The molecule has 1 unspecified atom stereocenters. The summed E-state index contributed by atoms with van der Waals surface area (Å²) < 4.78 is 0. The predicted octanol–water partition coefficient (Wildman–Crippen LogP) is 2.86. The van der Waals surface area contributed by atoms with E-state index in [2.05, 4.69) is 17.6 Å². The summed E-state index contributed by atoms with van der Waals surface area (Å²) in [6.07, 6.45) is 9.43. The SMILES string of the molecule is O=CCCCC1C=C(C=Cc2ccccc2)NO1. The lowest BCUT2D eigenvalue weighted by atomic mass is 10.1. The van der Waals surface area contributed by atoms with Crippen molar-refractivity contribution < 1.29 is 9.63 Å². The maximum absolute atomic E-state index is 10.2. The van der Waals surface area contributed by atoms with E-state index in [-0.39, 0.29) is 6.10 Å². The summed E-state index contributed by atoms with van der Waals surface area (Å²) in [5.41, 5.74) is 5.01. The summed E-state index contributed by atoms with van der Waals surface area (Å²) in [5, 5.41) is 0. The molecule has 0 amide bonds. The van der Waals surface area contributed by atoms with Gasteiger partial charge in [-0.05, 0) is 30.6 Å². The van der Waals surface area contributed by atoms with Crippen LogP contribution in [0, 0.1) is 0 Å². The summed E-state index contributed by atoms with van der Waals surface area (Å²) in [5.74, 6) is 0. The van der Waals surface area contributed by atoms with Crippen LogP contribution in [0.3, 0.4) is 0 Å². The van der Waals surface area contributed by atoms with E-state index in [0.29, 0.717) is 6.42 Å². The van der Waals surface area contributed by atoms with Crippen molar-refractivity contribution >= 4 is 12.4 Å². The lowest BCUT2D eigenvalue weighted by Gasteiger charge is -2.04. The maximum atomic E-state index is 10.2. The molecule has 0 aromatic heterocycles. The number of nitrogens with one attached hydrogen (secondary N) is 1. The van der Waals surface area contributed by atoms with Gasteiger partial charge in [0, 0.05) is 6.42 Å². The van der Waals surface area contributed by atoms with Crippen LogP contribution < -0.4 is 5.48 Å². The summed E-state index contributed by atoms with van der Waals surface area (Å²) >= 11 is 0. The van der Waals surface area contributed by atoms with Gasteiger partial charge in [-0.3, -0.25) is 10.3 Å². The van der Waals surface area contributed by atoms with Crippen molar-refractivity contribution in [1.29, 1.82) is 0 Å². The quantitative estimate of drug-likeness (QED) is 0.616. The van der Waals surface area contributed by atoms with Crippen molar-refractivity contribution in [3.05, 3.63) is 53.7 Å². The number of hydrogen-bond acceptors (Lipinski definition) is 3. The van der Waals surface area contributed by atoms with Crippen molar-refractivity contribution in [2.75, 3.05) is 0 Å². The fourth-order valence-corrected chi connectivity index (χ4v) is 1.80. The summed E-state index contributed by atoms with van der Waals surface area (Å²) in [6, 6.07) is 10.1. The second kappa shape index (κ2) is 6.77. The Morgan fingerprint density at radius 1 is 1.22 bits per heavy atom. The van der Waals surface area contributed by atoms with Gasteiger partial charge in [-0.1, -0.05) is 36.4 Å². The Kier molecular flexibility index (Phi) is 4.73. The maximum Gasteiger partial charge on any atom is 0.119 e. The Morgan fingerprint density at radius 2 is 2.06 bits per heavy atom. The highest BCUT2D eigenvalue weighted by atomic mass is 16.7. The van der Waals surface area contributed by atoms with Gasteiger partial charge >= 0.3 is 0 Å². The van der Waals surface area contributed by atoms with Crippen LogP contribution in [-0.2, 0) is 9.63 Å². The molecule has 0 radical (unpaired) electrons. The zero-order valence-electron chi connectivity index (χ0n) is 10.2. The zero-order valence-corrected chi connectivity index (χ0v) is 10.2. The summed E-state index contributed by atoms with van der Waals surface area (Å²) in [6.45, 7) is 0. The smallest absolute Gasteiger partial charge is 0.119 e. The van der Waals surface area contributed by atoms with Gasteiger partial charge in [-0.15, -0.1) is 0 Å². The minimum atomic E-state index is 0.0698. The molecular weight excluding hydrogens is 226 g/mol. The van der Waals surface area contributed by atoms with Gasteiger partial charge in [-0.25, -0.2) is 0 Å². The first-order valence-electron chi connectivity index (χ1n) is 6.19. The molecule has 0 fully saturated rings. The fraction of sp³-hybridized carbons (Fsp3) is 0.267. The van der Waals surface area contributed by atoms with E-state index in [1.807, 2.05) is 36.4 Å². The topological polar surface area (TPSA) is 38.3 Å². The molecule has 1 heterocycles. The van der Waals surface area contributed by atoms with E-state index in [1.165, 1.54) is 0 Å². The standard InChI is InChI=1S/C15H17NO2/c17-11-5-4-8-15-12-14(16-18-15)10-9-13-6-2-1-3-7-13/h1-3,6-7,9-12,15-16H,4-5,8H2. The second-order valence-electron chi connectivity index (χ2n) is 4.22. The molecule has 0 spiro atoms. The molecule has 1 aromatic carbocycles. The average molecular weight is 243 g/mol. The highest BCUT2D eigenvalue weighted by Crippen LogP contribution is 2.14. The molecule has 0 aliphatic carbocycles. The van der Waals surface area contributed by atoms with Crippen LogP contribution in [0.15, 0.2) is 48.2 Å². The van der Waals surface area contributed by atoms with Crippen molar-refractivity contribution in [3.8, 4) is 0 Å². The van der Waals surface area contributed by atoms with E-state index in [1.54, 1.807) is 0 Å². The highest BCUT2D eigenvalue weighted by molar-refractivity contribution is 5.52. The molecule has 0 saturated carbocycles. The van der Waals surface area contributed by atoms with Crippen LogP contribution in [0.25, 0.3) is 6.08 Å². The minimum Gasteiger partial charge on any atom is -0.303 e. The Bertz CT molecular complexity index is 437. The van der Waals surface area contributed by atoms with Gasteiger partial charge in [0.25, 0.3) is 0 Å². The van der Waals surface area contributed by atoms with Gasteiger partial charge in [0.2, 0.25) is 0 Å². The molecule has 1 aliphatic rings. The Labute approximate surface area is 107 Å². The largest absolute Gasteiger partial charge is 0.303 e. The van der Waals surface area contributed by atoms with Crippen molar-refractivity contribution in [2.45, 2.75) is 25.4 Å². The van der Waals surface area contributed by atoms with E-state index in [9.17, 15) is 4.79 Å². The number of unbranched alkanes of at least 4 members (excludes halogenated alkanes) is 1. The molecule has 1 aliphatic heterocycles. The number of hydroxylamine groups is 1. The van der Waals surface area contributed by atoms with Crippen molar-refractivity contribution in [1.82, 2.24) is 5.48 Å². The number of aldehydes is 1. The minimum absolute atomic E-state index is 0.0698. The van der Waals surface area contributed by atoms with Crippen molar-refractivity contribution in [3.63, 3.8) is 0 Å². The van der Waals surface area contributed by atoms with E-state index < -0.39 is 0 Å². The monoisotopic (exact) mass is 243 g/mol. The van der Waals surface area contributed by atoms with Gasteiger partial charge in [0.15, 0.2) is 0 Å². The second-order valence-corrected chi connectivity index (χ2v) is 4.22. The highest BCUT2D eigenvalue weighted by Gasteiger charge is 2.13. The van der Waals surface area contributed by atoms with Gasteiger partial charge in [-0.2, -0.15) is 0 Å². The Morgan fingerprint density at radius 3 is 2.83 bits per heavy atom. The number of benzene rings is 1. The third kappa shape index (κ3) is 3.86. The zero-order chi connectivity index (χ0) is 12.6. The molecule has 94 valence electrons. The first-order valence-corrected chi connectivity index (χ1v) is 6.19. The van der Waals surface area contributed by atoms with Crippen LogP contribution >= 0.6 is 0 Å². The Balaban J connectivity index is 1.85. The third-order valence-corrected chi connectivity index (χ3v) is 2.76. The summed E-state index contributed by atoms with van der Waals surface area (Å²) in [7, 11) is 0. The molecule has 0 bridgehead atoms. The summed E-state index contributed by atoms with van der Waals surface area (Å²) in [4.78, 5) is 15.6. The van der Waals surface area contributed by atoms with Gasteiger partial charge in [0.05, 0.1) is 5.70 Å².